The first-order valence-electron chi connectivity index (χ1n) is 13.0. The maximum absolute atomic E-state index is 14.9. The Hall–Kier alpha value is -2.79. The van der Waals surface area contributed by atoms with E-state index in [1.54, 1.807) is 24.3 Å². The molecule has 0 N–H and O–H groups in total. The fourth-order valence-electron chi connectivity index (χ4n) is 5.06. The largest absolute Gasteiger partial charge is 0.494 e. The van der Waals surface area contributed by atoms with Crippen LogP contribution in [-0.2, 0) is 17.8 Å². The molecule has 3 aromatic carbocycles. The van der Waals surface area contributed by atoms with Gasteiger partial charge in [0.15, 0.2) is 23.2 Å². The molecule has 0 aromatic heterocycles. The Balaban J connectivity index is 1.32. The molecule has 1 aliphatic rings. The summed E-state index contributed by atoms with van der Waals surface area (Å²) in [5, 5.41) is 0. The van der Waals surface area contributed by atoms with Crippen molar-refractivity contribution in [1.82, 2.24) is 0 Å². The SMILES string of the molecule is CCCCCc1ccc(-c2ccc(COC3CCC(c4ccc(OC)c(F)c4)CC3)c(F)c2F)cc1. The van der Waals surface area contributed by atoms with Gasteiger partial charge in [-0.2, -0.15) is 0 Å². The van der Waals surface area contributed by atoms with Crippen molar-refractivity contribution in [3.8, 4) is 16.9 Å². The molecule has 36 heavy (non-hydrogen) atoms. The van der Waals surface area contributed by atoms with E-state index in [1.807, 2.05) is 30.3 Å². The van der Waals surface area contributed by atoms with Gasteiger partial charge in [-0.25, -0.2) is 13.2 Å². The molecule has 3 aromatic rings. The molecular formula is C31H35F3O2. The molecule has 0 bridgehead atoms. The van der Waals surface area contributed by atoms with E-state index in [1.165, 1.54) is 25.5 Å². The summed E-state index contributed by atoms with van der Waals surface area (Å²) in [6.07, 6.45) is 7.79. The Kier molecular flexibility index (Phi) is 9.08. The number of methoxy groups -OCH3 is 1. The summed E-state index contributed by atoms with van der Waals surface area (Å²) >= 11 is 0. The van der Waals surface area contributed by atoms with Crippen LogP contribution >= 0.6 is 0 Å². The summed E-state index contributed by atoms with van der Waals surface area (Å²) in [5.41, 5.74) is 3.34. The molecule has 2 nitrogen and oxygen atoms in total. The van der Waals surface area contributed by atoms with E-state index in [0.717, 1.165) is 44.1 Å². The number of aryl methyl sites for hydroxylation is 1. The zero-order valence-electron chi connectivity index (χ0n) is 21.2. The van der Waals surface area contributed by atoms with Crippen LogP contribution < -0.4 is 4.74 Å². The number of rotatable bonds is 10. The molecule has 0 amide bonds. The Morgan fingerprint density at radius 1 is 0.833 bits per heavy atom. The number of unbranched alkanes of at least 4 members (excludes halogenated alkanes) is 2. The monoisotopic (exact) mass is 496 g/mol. The summed E-state index contributed by atoms with van der Waals surface area (Å²) in [6.45, 7) is 2.21. The van der Waals surface area contributed by atoms with E-state index < -0.39 is 11.6 Å². The lowest BCUT2D eigenvalue weighted by Gasteiger charge is -2.29. The first kappa shape index (κ1) is 26.3. The quantitative estimate of drug-likeness (QED) is 0.261. The van der Waals surface area contributed by atoms with Gasteiger partial charge in [0.2, 0.25) is 0 Å². The van der Waals surface area contributed by atoms with Gasteiger partial charge in [0.25, 0.3) is 0 Å². The molecule has 192 valence electrons. The first-order valence-corrected chi connectivity index (χ1v) is 13.0. The average molecular weight is 497 g/mol. The van der Waals surface area contributed by atoms with Crippen molar-refractivity contribution in [3.05, 3.63) is 88.7 Å². The van der Waals surface area contributed by atoms with Crippen molar-refractivity contribution in [1.29, 1.82) is 0 Å². The normalized spacial score (nSPS) is 17.8. The van der Waals surface area contributed by atoms with E-state index in [4.69, 9.17) is 9.47 Å². The smallest absolute Gasteiger partial charge is 0.167 e. The fourth-order valence-corrected chi connectivity index (χ4v) is 5.06. The third-order valence-corrected chi connectivity index (χ3v) is 7.29. The predicted octanol–water partition coefficient (Wildman–Crippen LogP) is 8.76. The summed E-state index contributed by atoms with van der Waals surface area (Å²) in [5.74, 6) is -1.52. The highest BCUT2D eigenvalue weighted by molar-refractivity contribution is 5.65. The number of halogens is 3. The van der Waals surface area contributed by atoms with Crippen LogP contribution in [0.2, 0.25) is 0 Å². The Morgan fingerprint density at radius 2 is 1.58 bits per heavy atom. The number of ether oxygens (including phenoxy) is 2. The van der Waals surface area contributed by atoms with E-state index in [-0.39, 0.29) is 41.3 Å². The van der Waals surface area contributed by atoms with Gasteiger partial charge in [0.05, 0.1) is 19.8 Å². The van der Waals surface area contributed by atoms with Crippen LogP contribution in [0.4, 0.5) is 13.2 Å². The third kappa shape index (κ3) is 6.31. The van der Waals surface area contributed by atoms with Gasteiger partial charge in [-0.05, 0) is 73.3 Å². The zero-order chi connectivity index (χ0) is 25.5. The molecule has 1 saturated carbocycles. The van der Waals surface area contributed by atoms with Crippen LogP contribution in [0.3, 0.4) is 0 Å². The van der Waals surface area contributed by atoms with Crippen LogP contribution in [0.1, 0.15) is 74.5 Å². The highest BCUT2D eigenvalue weighted by atomic mass is 19.2. The second kappa shape index (κ2) is 12.4. The molecule has 4 rings (SSSR count). The second-order valence-corrected chi connectivity index (χ2v) is 9.73. The van der Waals surface area contributed by atoms with Gasteiger partial charge in [0.1, 0.15) is 0 Å². The molecule has 1 fully saturated rings. The summed E-state index contributed by atoms with van der Waals surface area (Å²) in [4.78, 5) is 0. The topological polar surface area (TPSA) is 18.5 Å². The lowest BCUT2D eigenvalue weighted by molar-refractivity contribution is 0.0119. The van der Waals surface area contributed by atoms with Gasteiger partial charge in [-0.3, -0.25) is 0 Å². The standard InChI is InChI=1S/C31H35F3O2/c1-3-4-5-6-21-7-9-23(10-8-21)27-17-13-25(30(33)31(27)34)20-36-26-15-11-22(12-16-26)24-14-18-29(35-2)28(32)19-24/h7-10,13-14,17-19,22,26H,3-6,11-12,15-16,20H2,1-2H3. The number of hydrogen-bond donors (Lipinski definition) is 0. The summed E-state index contributed by atoms with van der Waals surface area (Å²) in [6, 6.07) is 16.1. The molecule has 1 aliphatic carbocycles. The van der Waals surface area contributed by atoms with Crippen molar-refractivity contribution < 1.29 is 22.6 Å². The highest BCUT2D eigenvalue weighted by Crippen LogP contribution is 2.36. The third-order valence-electron chi connectivity index (χ3n) is 7.29. The van der Waals surface area contributed by atoms with Crippen LogP contribution in [0.15, 0.2) is 54.6 Å². The Bertz CT molecular complexity index is 1140. The van der Waals surface area contributed by atoms with Gasteiger partial charge in [-0.15, -0.1) is 0 Å². The number of hydrogen-bond acceptors (Lipinski definition) is 2. The highest BCUT2D eigenvalue weighted by Gasteiger charge is 2.24. The zero-order valence-corrected chi connectivity index (χ0v) is 21.2. The second-order valence-electron chi connectivity index (χ2n) is 9.73. The number of benzene rings is 3. The minimum Gasteiger partial charge on any atom is -0.494 e. The fraction of sp³-hybridized carbons (Fsp3) is 0.419. The van der Waals surface area contributed by atoms with Crippen molar-refractivity contribution in [2.24, 2.45) is 0 Å². The predicted molar refractivity (Wildman–Crippen MR) is 138 cm³/mol. The van der Waals surface area contributed by atoms with Crippen LogP contribution in [0.25, 0.3) is 11.1 Å². The maximum atomic E-state index is 14.9. The Labute approximate surface area is 212 Å². The molecule has 0 saturated heterocycles. The average Bonchev–Trinajstić information content (AvgIpc) is 2.90. The first-order chi connectivity index (χ1) is 17.5. The lowest BCUT2D eigenvalue weighted by Crippen LogP contribution is -2.21. The Morgan fingerprint density at radius 3 is 2.25 bits per heavy atom. The molecule has 5 heteroatoms. The summed E-state index contributed by atoms with van der Waals surface area (Å²) < 4.78 is 54.8. The molecule has 0 heterocycles. The molecule has 0 unspecified atom stereocenters. The van der Waals surface area contributed by atoms with Crippen molar-refractivity contribution in [3.63, 3.8) is 0 Å². The molecule has 0 radical (unpaired) electrons. The van der Waals surface area contributed by atoms with Gasteiger partial charge < -0.3 is 9.47 Å². The van der Waals surface area contributed by atoms with Crippen LogP contribution in [0, 0.1) is 17.5 Å². The van der Waals surface area contributed by atoms with E-state index >= 15 is 0 Å². The van der Waals surface area contributed by atoms with E-state index in [2.05, 4.69) is 6.92 Å². The van der Waals surface area contributed by atoms with E-state index in [0.29, 0.717) is 5.56 Å². The molecule has 0 aliphatic heterocycles. The molecular weight excluding hydrogens is 461 g/mol. The minimum atomic E-state index is -0.845. The maximum Gasteiger partial charge on any atom is 0.167 e. The van der Waals surface area contributed by atoms with Crippen molar-refractivity contribution in [2.75, 3.05) is 7.11 Å². The van der Waals surface area contributed by atoms with Gasteiger partial charge in [0, 0.05) is 11.1 Å². The van der Waals surface area contributed by atoms with E-state index in [9.17, 15) is 13.2 Å². The van der Waals surface area contributed by atoms with Gasteiger partial charge >= 0.3 is 0 Å². The van der Waals surface area contributed by atoms with Crippen molar-refractivity contribution in [2.45, 2.75) is 76.9 Å². The van der Waals surface area contributed by atoms with Crippen molar-refractivity contribution >= 4 is 0 Å². The molecule has 0 spiro atoms. The van der Waals surface area contributed by atoms with Gasteiger partial charge in [-0.1, -0.05) is 62.2 Å². The molecule has 0 atom stereocenters. The summed E-state index contributed by atoms with van der Waals surface area (Å²) in [7, 11) is 1.45. The van der Waals surface area contributed by atoms with Crippen LogP contribution in [0.5, 0.6) is 5.75 Å². The lowest BCUT2D eigenvalue weighted by atomic mass is 9.82. The van der Waals surface area contributed by atoms with Crippen LogP contribution in [-0.4, -0.2) is 13.2 Å². The minimum absolute atomic E-state index is 0.0215.